The Kier molecular flexibility index (Phi) is 9.58. The Morgan fingerprint density at radius 2 is 1.81 bits per heavy atom. The molecule has 1 aliphatic heterocycles. The largest absolute Gasteiger partial charge is 0.481 e. The Bertz CT molecular complexity index is 581. The number of carboxylic acids is 2. The van der Waals surface area contributed by atoms with E-state index < -0.39 is 42.3 Å². The van der Waals surface area contributed by atoms with E-state index in [-0.39, 0.29) is 30.7 Å². The molecule has 0 saturated carbocycles. The van der Waals surface area contributed by atoms with Crippen LogP contribution in [-0.2, 0) is 24.0 Å². The number of thiol groups is 1. The first-order valence-corrected chi connectivity index (χ1v) is 9.04. The maximum absolute atomic E-state index is 12.1. The van der Waals surface area contributed by atoms with Gasteiger partial charge in [0.05, 0.1) is 12.6 Å². The van der Waals surface area contributed by atoms with Crippen LogP contribution in [0.15, 0.2) is 0 Å². The molecule has 152 valence electrons. The Morgan fingerprint density at radius 1 is 1.11 bits per heavy atom. The van der Waals surface area contributed by atoms with Gasteiger partial charge in [-0.3, -0.25) is 19.2 Å². The molecule has 11 nitrogen and oxygen atoms in total. The number of hydrogen-bond acceptors (Lipinski definition) is 7. The molecule has 3 amide bonds. The van der Waals surface area contributed by atoms with Crippen molar-refractivity contribution < 1.29 is 34.2 Å². The zero-order valence-electron chi connectivity index (χ0n) is 14.6. The minimum atomic E-state index is -1.40. The van der Waals surface area contributed by atoms with E-state index in [0.29, 0.717) is 6.42 Å². The van der Waals surface area contributed by atoms with Gasteiger partial charge in [-0.25, -0.2) is 4.79 Å². The number of rotatable bonds is 11. The van der Waals surface area contributed by atoms with Gasteiger partial charge in [-0.2, -0.15) is 12.6 Å². The summed E-state index contributed by atoms with van der Waals surface area (Å²) in [6, 6.07) is -2.87. The molecule has 0 aromatic carbocycles. The predicted octanol–water partition coefficient (Wildman–Crippen LogP) is -2.30. The van der Waals surface area contributed by atoms with E-state index in [4.69, 9.17) is 10.2 Å². The van der Waals surface area contributed by atoms with Crippen LogP contribution >= 0.6 is 12.6 Å². The summed E-state index contributed by atoms with van der Waals surface area (Å²) in [4.78, 5) is 57.5. The highest BCUT2D eigenvalue weighted by Gasteiger charge is 2.27. The topological polar surface area (TPSA) is 174 Å². The third-order valence-corrected chi connectivity index (χ3v) is 4.26. The van der Waals surface area contributed by atoms with E-state index in [1.165, 1.54) is 0 Å². The summed E-state index contributed by atoms with van der Waals surface area (Å²) in [5.41, 5.74) is 0. The van der Waals surface area contributed by atoms with E-state index in [0.717, 1.165) is 13.0 Å². The highest BCUT2D eigenvalue weighted by molar-refractivity contribution is 7.80. The molecule has 0 aromatic rings. The van der Waals surface area contributed by atoms with Gasteiger partial charge in [0.25, 0.3) is 0 Å². The molecular weight excluding hydrogens is 380 g/mol. The lowest BCUT2D eigenvalue weighted by Crippen LogP contribution is -2.54. The minimum Gasteiger partial charge on any atom is -0.481 e. The molecule has 0 aliphatic carbocycles. The Labute approximate surface area is 161 Å². The van der Waals surface area contributed by atoms with Gasteiger partial charge < -0.3 is 31.5 Å². The zero-order chi connectivity index (χ0) is 20.4. The van der Waals surface area contributed by atoms with Crippen molar-refractivity contribution in [3.8, 4) is 0 Å². The number of carbonyl (C=O) groups excluding carboxylic acids is 3. The third-order valence-electron chi connectivity index (χ3n) is 3.90. The SMILES string of the molecule is O=C(O)CCC(NC(=O)C(CS)NC(=O)CNC(=O)C1CCCN1)C(=O)O. The molecule has 1 rings (SSSR count). The standard InChI is InChI=1S/C15H24N4O7S/c20-11(6-17-13(23)8-2-1-5-16-8)18-10(7-27)14(24)19-9(15(25)26)3-4-12(21)22/h8-10,16,27H,1-7H2,(H,17,23)(H,18,20)(H,19,24)(H,21,22)(H,25,26). The maximum atomic E-state index is 12.1. The number of carbonyl (C=O) groups is 5. The molecule has 1 aliphatic rings. The van der Waals surface area contributed by atoms with Crippen LogP contribution in [0.2, 0.25) is 0 Å². The maximum Gasteiger partial charge on any atom is 0.326 e. The summed E-state index contributed by atoms with van der Waals surface area (Å²) in [5, 5.41) is 27.6. The number of carboxylic acid groups (broad SMARTS) is 2. The van der Waals surface area contributed by atoms with Crippen molar-refractivity contribution in [2.24, 2.45) is 0 Å². The number of aliphatic carboxylic acids is 2. The number of amides is 3. The minimum absolute atomic E-state index is 0.110. The van der Waals surface area contributed by atoms with Gasteiger partial charge in [0.1, 0.15) is 12.1 Å². The molecule has 3 unspecified atom stereocenters. The smallest absolute Gasteiger partial charge is 0.326 e. The van der Waals surface area contributed by atoms with Crippen LogP contribution in [0.3, 0.4) is 0 Å². The van der Waals surface area contributed by atoms with Gasteiger partial charge in [0, 0.05) is 12.2 Å². The Balaban J connectivity index is 2.48. The molecule has 3 atom stereocenters. The van der Waals surface area contributed by atoms with Crippen LogP contribution in [0.4, 0.5) is 0 Å². The second kappa shape index (κ2) is 11.4. The van der Waals surface area contributed by atoms with Crippen LogP contribution in [-0.4, -0.2) is 76.8 Å². The second-order valence-corrected chi connectivity index (χ2v) is 6.37. The van der Waals surface area contributed by atoms with E-state index >= 15 is 0 Å². The van der Waals surface area contributed by atoms with Gasteiger partial charge >= 0.3 is 11.9 Å². The monoisotopic (exact) mass is 404 g/mol. The van der Waals surface area contributed by atoms with E-state index in [9.17, 15) is 24.0 Å². The van der Waals surface area contributed by atoms with Crippen molar-refractivity contribution >= 4 is 42.3 Å². The normalized spacial score (nSPS) is 18.2. The predicted molar refractivity (Wildman–Crippen MR) is 96.3 cm³/mol. The summed E-state index contributed by atoms with van der Waals surface area (Å²) in [7, 11) is 0. The van der Waals surface area contributed by atoms with Gasteiger partial charge in [-0.15, -0.1) is 0 Å². The fourth-order valence-electron chi connectivity index (χ4n) is 2.44. The van der Waals surface area contributed by atoms with Crippen molar-refractivity contribution in [1.29, 1.82) is 0 Å². The van der Waals surface area contributed by atoms with Crippen molar-refractivity contribution in [2.45, 2.75) is 43.8 Å². The van der Waals surface area contributed by atoms with Crippen molar-refractivity contribution in [1.82, 2.24) is 21.3 Å². The number of hydrogen-bond donors (Lipinski definition) is 7. The Morgan fingerprint density at radius 3 is 2.33 bits per heavy atom. The molecule has 1 fully saturated rings. The molecule has 0 aromatic heterocycles. The first kappa shape index (κ1) is 22.7. The molecule has 0 bridgehead atoms. The average molecular weight is 404 g/mol. The summed E-state index contributed by atoms with van der Waals surface area (Å²) in [6.07, 6.45) is 0.825. The lowest BCUT2D eigenvalue weighted by molar-refractivity contribution is -0.143. The lowest BCUT2D eigenvalue weighted by atomic mass is 10.1. The number of nitrogens with one attached hydrogen (secondary N) is 4. The van der Waals surface area contributed by atoms with Crippen molar-refractivity contribution in [2.75, 3.05) is 18.8 Å². The van der Waals surface area contributed by atoms with Gasteiger partial charge in [0.15, 0.2) is 0 Å². The third kappa shape index (κ3) is 8.26. The molecule has 12 heteroatoms. The fourth-order valence-corrected chi connectivity index (χ4v) is 2.69. The fraction of sp³-hybridized carbons (Fsp3) is 0.667. The average Bonchev–Trinajstić information content (AvgIpc) is 3.15. The van der Waals surface area contributed by atoms with Gasteiger partial charge in [-0.1, -0.05) is 0 Å². The van der Waals surface area contributed by atoms with E-state index in [1.807, 2.05) is 0 Å². The molecule has 27 heavy (non-hydrogen) atoms. The quantitative estimate of drug-likeness (QED) is 0.188. The summed E-state index contributed by atoms with van der Waals surface area (Å²) in [6.45, 7) is 0.398. The van der Waals surface area contributed by atoms with Gasteiger partial charge in [0.2, 0.25) is 17.7 Å². The van der Waals surface area contributed by atoms with Crippen molar-refractivity contribution in [3.05, 3.63) is 0 Å². The van der Waals surface area contributed by atoms with Crippen LogP contribution in [0, 0.1) is 0 Å². The zero-order valence-corrected chi connectivity index (χ0v) is 15.5. The van der Waals surface area contributed by atoms with Crippen LogP contribution in [0.5, 0.6) is 0 Å². The van der Waals surface area contributed by atoms with Crippen LogP contribution in [0.25, 0.3) is 0 Å². The first-order valence-electron chi connectivity index (χ1n) is 8.41. The highest BCUT2D eigenvalue weighted by atomic mass is 32.1. The summed E-state index contributed by atoms with van der Waals surface area (Å²) < 4.78 is 0. The molecule has 1 heterocycles. The van der Waals surface area contributed by atoms with Crippen LogP contribution in [0.1, 0.15) is 25.7 Å². The molecule has 6 N–H and O–H groups in total. The first-order chi connectivity index (χ1) is 12.7. The highest BCUT2D eigenvalue weighted by Crippen LogP contribution is 2.04. The van der Waals surface area contributed by atoms with E-state index in [2.05, 4.69) is 33.9 Å². The second-order valence-electron chi connectivity index (χ2n) is 6.00. The summed E-state index contributed by atoms with van der Waals surface area (Å²) >= 11 is 3.95. The van der Waals surface area contributed by atoms with Crippen molar-refractivity contribution in [3.63, 3.8) is 0 Å². The lowest BCUT2D eigenvalue weighted by Gasteiger charge is -2.20. The molecular formula is C15H24N4O7S. The molecule has 1 saturated heterocycles. The molecule has 0 spiro atoms. The molecule has 0 radical (unpaired) electrons. The van der Waals surface area contributed by atoms with E-state index in [1.54, 1.807) is 0 Å². The summed E-state index contributed by atoms with van der Waals surface area (Å²) in [5.74, 6) is -4.43. The Hall–Kier alpha value is -2.34. The van der Waals surface area contributed by atoms with Gasteiger partial charge in [-0.05, 0) is 25.8 Å². The van der Waals surface area contributed by atoms with Crippen LogP contribution < -0.4 is 21.3 Å².